The van der Waals surface area contributed by atoms with Crippen molar-refractivity contribution >= 4 is 27.4 Å². The zero-order valence-corrected chi connectivity index (χ0v) is 13.7. The lowest BCUT2D eigenvalue weighted by Crippen LogP contribution is -2.25. The van der Waals surface area contributed by atoms with E-state index in [-0.39, 0.29) is 5.92 Å². The number of nitrogens with one attached hydrogen (secondary N) is 1. The summed E-state index contributed by atoms with van der Waals surface area (Å²) in [5.74, 6) is 0.771. The van der Waals surface area contributed by atoms with Crippen molar-refractivity contribution in [2.45, 2.75) is 18.9 Å². The molecule has 2 heterocycles. The number of anilines is 1. The van der Waals surface area contributed by atoms with Crippen LogP contribution in [0.15, 0.2) is 53.3 Å². The van der Waals surface area contributed by atoms with Crippen molar-refractivity contribution in [2.24, 2.45) is 0 Å². The lowest BCUT2D eigenvalue weighted by Gasteiger charge is -2.20. The van der Waals surface area contributed by atoms with Gasteiger partial charge in [-0.05, 0) is 27.6 Å². The Labute approximate surface area is 137 Å². The molecule has 0 fully saturated rings. The zero-order valence-electron chi connectivity index (χ0n) is 12.1. The average Bonchev–Trinajstić information content (AvgIpc) is 2.93. The van der Waals surface area contributed by atoms with E-state index < -0.39 is 6.10 Å². The van der Waals surface area contributed by atoms with Crippen LogP contribution in [0.5, 0.6) is 0 Å². The Hall–Kier alpha value is -1.92. The molecule has 114 valence electrons. The van der Waals surface area contributed by atoms with E-state index in [1.165, 1.54) is 0 Å². The highest BCUT2D eigenvalue weighted by Crippen LogP contribution is 2.20. The van der Waals surface area contributed by atoms with Crippen molar-refractivity contribution in [1.82, 2.24) is 14.6 Å². The fourth-order valence-electron chi connectivity index (χ4n) is 2.30. The Morgan fingerprint density at radius 3 is 2.82 bits per heavy atom. The number of hydrogen-bond donors (Lipinski definition) is 2. The van der Waals surface area contributed by atoms with Gasteiger partial charge in [0, 0.05) is 18.7 Å². The van der Waals surface area contributed by atoms with Crippen molar-refractivity contribution in [1.29, 1.82) is 0 Å². The van der Waals surface area contributed by atoms with Gasteiger partial charge in [0.1, 0.15) is 5.82 Å². The van der Waals surface area contributed by atoms with Crippen molar-refractivity contribution in [2.75, 3.05) is 11.9 Å². The van der Waals surface area contributed by atoms with Gasteiger partial charge < -0.3 is 10.4 Å². The van der Waals surface area contributed by atoms with E-state index in [9.17, 15) is 5.11 Å². The van der Waals surface area contributed by atoms with Gasteiger partial charge in [0.05, 0.1) is 16.8 Å². The third-order valence-electron chi connectivity index (χ3n) is 3.72. The van der Waals surface area contributed by atoms with Crippen molar-refractivity contribution in [3.05, 3.63) is 58.8 Å². The molecule has 2 unspecified atom stereocenters. The van der Waals surface area contributed by atoms with Crippen LogP contribution in [0.1, 0.15) is 18.4 Å². The van der Waals surface area contributed by atoms with E-state index in [4.69, 9.17) is 0 Å². The molecule has 2 N–H and O–H groups in total. The van der Waals surface area contributed by atoms with Gasteiger partial charge in [-0.2, -0.15) is 5.10 Å². The maximum absolute atomic E-state index is 10.3. The summed E-state index contributed by atoms with van der Waals surface area (Å²) < 4.78 is 2.53. The average molecular weight is 361 g/mol. The molecule has 5 nitrogen and oxygen atoms in total. The second-order valence-corrected chi connectivity index (χ2v) is 6.08. The number of aliphatic hydroxyl groups is 1. The van der Waals surface area contributed by atoms with Gasteiger partial charge in [0.15, 0.2) is 5.65 Å². The molecule has 0 aliphatic heterocycles. The molecule has 1 aromatic carbocycles. The Morgan fingerprint density at radius 1 is 1.27 bits per heavy atom. The number of benzene rings is 1. The summed E-state index contributed by atoms with van der Waals surface area (Å²) in [6.07, 6.45) is 3.05. The molecule has 22 heavy (non-hydrogen) atoms. The number of hydrogen-bond acceptors (Lipinski definition) is 4. The van der Waals surface area contributed by atoms with Gasteiger partial charge >= 0.3 is 0 Å². The number of halogens is 1. The lowest BCUT2D eigenvalue weighted by molar-refractivity contribution is 0.162. The van der Waals surface area contributed by atoms with E-state index in [2.05, 4.69) is 31.3 Å². The Kier molecular flexibility index (Phi) is 4.40. The van der Waals surface area contributed by atoms with Gasteiger partial charge in [-0.15, -0.1) is 0 Å². The van der Waals surface area contributed by atoms with E-state index >= 15 is 0 Å². The third-order valence-corrected chi connectivity index (χ3v) is 4.28. The van der Waals surface area contributed by atoms with Crippen LogP contribution >= 0.6 is 15.9 Å². The minimum Gasteiger partial charge on any atom is -0.391 e. The molecule has 3 rings (SSSR count). The molecule has 0 aliphatic rings. The van der Waals surface area contributed by atoms with Crippen LogP contribution in [0.2, 0.25) is 0 Å². The molecule has 0 saturated heterocycles. The monoisotopic (exact) mass is 360 g/mol. The van der Waals surface area contributed by atoms with Crippen LogP contribution in [-0.2, 0) is 0 Å². The number of aliphatic hydroxyl groups excluding tert-OH is 1. The molecular weight excluding hydrogens is 344 g/mol. The summed E-state index contributed by atoms with van der Waals surface area (Å²) in [7, 11) is 0. The fourth-order valence-corrected chi connectivity index (χ4v) is 2.67. The third kappa shape index (κ3) is 3.13. The van der Waals surface area contributed by atoms with Crippen molar-refractivity contribution in [3.8, 4) is 0 Å². The zero-order chi connectivity index (χ0) is 15.5. The smallest absolute Gasteiger partial charge is 0.171 e. The SMILES string of the molecule is CC(c1ccccc1)C(O)CNc1ccn2ncc(Br)c2n1. The van der Waals surface area contributed by atoms with Crippen LogP contribution in [-0.4, -0.2) is 32.4 Å². The van der Waals surface area contributed by atoms with Gasteiger partial charge in [0.25, 0.3) is 0 Å². The number of nitrogens with zero attached hydrogens (tertiary/aromatic N) is 3. The predicted molar refractivity (Wildman–Crippen MR) is 90.0 cm³/mol. The molecule has 0 saturated carbocycles. The molecule has 2 atom stereocenters. The molecule has 0 aliphatic carbocycles. The van der Waals surface area contributed by atoms with Crippen LogP contribution in [0, 0.1) is 0 Å². The second-order valence-electron chi connectivity index (χ2n) is 5.22. The first-order chi connectivity index (χ1) is 10.6. The molecule has 2 aromatic heterocycles. The summed E-state index contributed by atoms with van der Waals surface area (Å²) >= 11 is 3.41. The summed E-state index contributed by atoms with van der Waals surface area (Å²) in [4.78, 5) is 4.47. The van der Waals surface area contributed by atoms with Crippen molar-refractivity contribution in [3.63, 3.8) is 0 Å². The molecule has 6 heteroatoms. The second kappa shape index (κ2) is 6.46. The van der Waals surface area contributed by atoms with Gasteiger partial charge in [0.2, 0.25) is 0 Å². The highest BCUT2D eigenvalue weighted by Gasteiger charge is 2.16. The largest absolute Gasteiger partial charge is 0.391 e. The Bertz CT molecular complexity index is 759. The normalized spacial score (nSPS) is 14.0. The number of rotatable bonds is 5. The van der Waals surface area contributed by atoms with Crippen LogP contribution in [0.25, 0.3) is 5.65 Å². The molecule has 0 amide bonds. The maximum atomic E-state index is 10.3. The van der Waals surface area contributed by atoms with Gasteiger partial charge in [-0.3, -0.25) is 0 Å². The van der Waals surface area contributed by atoms with Crippen LogP contribution in [0.4, 0.5) is 5.82 Å². The quantitative estimate of drug-likeness (QED) is 0.733. The standard InChI is InChI=1S/C16H17BrN4O/c1-11(12-5-3-2-4-6-12)14(22)10-18-15-7-8-21-16(20-15)13(17)9-19-21/h2-9,11,14,22H,10H2,1H3,(H,18,20). The minimum absolute atomic E-state index is 0.0548. The molecule has 3 aromatic rings. The molecule has 0 spiro atoms. The number of aromatic nitrogens is 3. The van der Waals surface area contributed by atoms with Gasteiger partial charge in [-0.25, -0.2) is 9.50 Å². The first kappa shape index (κ1) is 15.0. The van der Waals surface area contributed by atoms with E-state index in [0.29, 0.717) is 12.4 Å². The Morgan fingerprint density at radius 2 is 2.05 bits per heavy atom. The summed E-state index contributed by atoms with van der Waals surface area (Å²) in [6, 6.07) is 11.8. The summed E-state index contributed by atoms with van der Waals surface area (Å²) in [5, 5.41) is 17.7. The Balaban J connectivity index is 1.66. The fraction of sp³-hybridized carbons (Fsp3) is 0.250. The van der Waals surface area contributed by atoms with Crippen molar-refractivity contribution < 1.29 is 5.11 Å². The summed E-state index contributed by atoms with van der Waals surface area (Å²) in [6.45, 7) is 2.46. The molecular formula is C16H17BrN4O. The molecule has 0 bridgehead atoms. The van der Waals surface area contributed by atoms with Crippen LogP contribution in [0.3, 0.4) is 0 Å². The molecule has 0 radical (unpaired) electrons. The predicted octanol–water partition coefficient (Wildman–Crippen LogP) is 3.07. The topological polar surface area (TPSA) is 62.5 Å². The van der Waals surface area contributed by atoms with Gasteiger partial charge in [-0.1, -0.05) is 37.3 Å². The van der Waals surface area contributed by atoms with E-state index in [0.717, 1.165) is 15.7 Å². The maximum Gasteiger partial charge on any atom is 0.171 e. The highest BCUT2D eigenvalue weighted by atomic mass is 79.9. The van der Waals surface area contributed by atoms with E-state index in [1.807, 2.05) is 49.5 Å². The summed E-state index contributed by atoms with van der Waals surface area (Å²) in [5.41, 5.74) is 1.87. The lowest BCUT2D eigenvalue weighted by atomic mass is 9.95. The first-order valence-electron chi connectivity index (χ1n) is 7.12. The highest BCUT2D eigenvalue weighted by molar-refractivity contribution is 9.10. The number of fused-ring (bicyclic) bond motifs is 1. The van der Waals surface area contributed by atoms with E-state index in [1.54, 1.807) is 10.7 Å². The van der Waals surface area contributed by atoms with Crippen LogP contribution < -0.4 is 5.32 Å². The first-order valence-corrected chi connectivity index (χ1v) is 7.91. The minimum atomic E-state index is -0.492.